The van der Waals surface area contributed by atoms with Crippen molar-refractivity contribution in [2.75, 3.05) is 12.4 Å². The number of nitrogens with one attached hydrogen (secondary N) is 1. The zero-order valence-corrected chi connectivity index (χ0v) is 11.4. The van der Waals surface area contributed by atoms with E-state index in [-0.39, 0.29) is 19.0 Å². The molecule has 2 aromatic rings. The van der Waals surface area contributed by atoms with Crippen LogP contribution in [0.1, 0.15) is 11.3 Å². The Morgan fingerprint density at radius 1 is 1.57 bits per heavy atom. The number of anilines is 1. The molecule has 0 atom stereocenters. The maximum Gasteiger partial charge on any atom is 0.246 e. The first-order valence-electron chi connectivity index (χ1n) is 6.13. The van der Waals surface area contributed by atoms with Crippen LogP contribution in [-0.2, 0) is 17.9 Å². The van der Waals surface area contributed by atoms with E-state index in [4.69, 9.17) is 15.7 Å². The van der Waals surface area contributed by atoms with Crippen LogP contribution in [0.5, 0.6) is 5.75 Å². The molecular weight excluding hydrogens is 272 g/mol. The molecule has 8 heteroatoms. The summed E-state index contributed by atoms with van der Waals surface area (Å²) < 4.78 is 6.54. The number of carbonyl (C=O) groups excluding carboxylic acids is 1. The van der Waals surface area contributed by atoms with E-state index in [9.17, 15) is 4.79 Å². The largest absolute Gasteiger partial charge is 0.495 e. The lowest BCUT2D eigenvalue weighted by atomic mass is 10.2. The van der Waals surface area contributed by atoms with Crippen LogP contribution in [0.25, 0.3) is 0 Å². The van der Waals surface area contributed by atoms with Crippen LogP contribution in [0, 0.1) is 11.3 Å². The lowest BCUT2D eigenvalue weighted by Gasteiger charge is -2.10. The highest BCUT2D eigenvalue weighted by molar-refractivity contribution is 5.92. The Morgan fingerprint density at radius 2 is 2.38 bits per heavy atom. The Bertz CT molecular complexity index is 688. The standard InChI is InChI=1S/C13H14N6O2/c1-21-12-4-9(5-14)2-3-11(12)16-13(20)8-19-7-10(6-15)17-18-19/h2-4,7H,6,8,15H2,1H3,(H,16,20). The molecule has 8 nitrogen and oxygen atoms in total. The highest BCUT2D eigenvalue weighted by Crippen LogP contribution is 2.25. The van der Waals surface area contributed by atoms with Crippen LogP contribution in [-0.4, -0.2) is 28.0 Å². The van der Waals surface area contributed by atoms with E-state index in [1.54, 1.807) is 24.4 Å². The summed E-state index contributed by atoms with van der Waals surface area (Å²) in [7, 11) is 1.47. The van der Waals surface area contributed by atoms with Gasteiger partial charge in [-0.3, -0.25) is 4.79 Å². The lowest BCUT2D eigenvalue weighted by molar-refractivity contribution is -0.116. The summed E-state index contributed by atoms with van der Waals surface area (Å²) in [5, 5.41) is 19.1. The third-order valence-electron chi connectivity index (χ3n) is 2.71. The molecule has 0 saturated heterocycles. The summed E-state index contributed by atoms with van der Waals surface area (Å²) in [4.78, 5) is 12.0. The topological polar surface area (TPSA) is 119 Å². The number of hydrogen-bond donors (Lipinski definition) is 2. The van der Waals surface area contributed by atoms with Gasteiger partial charge < -0.3 is 15.8 Å². The van der Waals surface area contributed by atoms with Crippen LogP contribution in [0.2, 0.25) is 0 Å². The van der Waals surface area contributed by atoms with Gasteiger partial charge in [0, 0.05) is 12.6 Å². The second-order valence-electron chi connectivity index (χ2n) is 4.19. The number of nitrogens with zero attached hydrogens (tertiary/aromatic N) is 4. The molecule has 1 heterocycles. The molecule has 0 radical (unpaired) electrons. The minimum atomic E-state index is -0.286. The molecule has 0 aliphatic heterocycles. The summed E-state index contributed by atoms with van der Waals surface area (Å²) in [5.74, 6) is 0.134. The molecule has 0 spiro atoms. The quantitative estimate of drug-likeness (QED) is 0.813. The van der Waals surface area contributed by atoms with E-state index in [2.05, 4.69) is 15.6 Å². The van der Waals surface area contributed by atoms with Crippen molar-refractivity contribution < 1.29 is 9.53 Å². The first-order valence-corrected chi connectivity index (χ1v) is 6.13. The van der Waals surface area contributed by atoms with Gasteiger partial charge in [0.1, 0.15) is 12.3 Å². The summed E-state index contributed by atoms with van der Waals surface area (Å²) in [6, 6.07) is 6.77. The van der Waals surface area contributed by atoms with E-state index in [0.717, 1.165) is 0 Å². The number of benzene rings is 1. The van der Waals surface area contributed by atoms with Crippen LogP contribution in [0.15, 0.2) is 24.4 Å². The monoisotopic (exact) mass is 286 g/mol. The van der Waals surface area contributed by atoms with Gasteiger partial charge in [-0.05, 0) is 12.1 Å². The fourth-order valence-corrected chi connectivity index (χ4v) is 1.71. The van der Waals surface area contributed by atoms with Crippen molar-refractivity contribution in [2.45, 2.75) is 13.1 Å². The van der Waals surface area contributed by atoms with Crippen molar-refractivity contribution in [3.63, 3.8) is 0 Å². The predicted octanol–water partition coefficient (Wildman–Crippen LogP) is 0.256. The van der Waals surface area contributed by atoms with Crippen molar-refractivity contribution in [3.8, 4) is 11.8 Å². The minimum Gasteiger partial charge on any atom is -0.495 e. The summed E-state index contributed by atoms with van der Waals surface area (Å²) in [5.41, 5.74) is 6.97. The highest BCUT2D eigenvalue weighted by Gasteiger charge is 2.10. The second kappa shape index (κ2) is 6.49. The molecule has 2 rings (SSSR count). The fraction of sp³-hybridized carbons (Fsp3) is 0.231. The average molecular weight is 286 g/mol. The molecule has 1 aromatic carbocycles. The molecule has 0 fully saturated rings. The number of ether oxygens (including phenoxy) is 1. The number of nitriles is 1. The van der Waals surface area contributed by atoms with Crippen LogP contribution in [0.3, 0.4) is 0 Å². The van der Waals surface area contributed by atoms with E-state index in [0.29, 0.717) is 22.7 Å². The molecule has 1 amide bonds. The number of amides is 1. The van der Waals surface area contributed by atoms with Crippen molar-refractivity contribution >= 4 is 11.6 Å². The number of hydrogen-bond acceptors (Lipinski definition) is 6. The van der Waals surface area contributed by atoms with Gasteiger partial charge in [-0.1, -0.05) is 5.21 Å². The SMILES string of the molecule is COc1cc(C#N)ccc1NC(=O)Cn1cc(CN)nn1. The molecule has 0 aliphatic carbocycles. The fourth-order valence-electron chi connectivity index (χ4n) is 1.71. The minimum absolute atomic E-state index is 0.0101. The first kappa shape index (κ1) is 14.5. The number of carbonyl (C=O) groups is 1. The van der Waals surface area contributed by atoms with Gasteiger partial charge >= 0.3 is 0 Å². The highest BCUT2D eigenvalue weighted by atomic mass is 16.5. The van der Waals surface area contributed by atoms with E-state index >= 15 is 0 Å². The molecule has 1 aromatic heterocycles. The second-order valence-corrected chi connectivity index (χ2v) is 4.19. The average Bonchev–Trinajstić information content (AvgIpc) is 2.95. The van der Waals surface area contributed by atoms with Crippen molar-refractivity contribution in [2.24, 2.45) is 5.73 Å². The zero-order valence-electron chi connectivity index (χ0n) is 11.4. The molecule has 3 N–H and O–H groups in total. The maximum atomic E-state index is 12.0. The Kier molecular flexibility index (Phi) is 4.48. The Balaban J connectivity index is 2.07. The molecular formula is C13H14N6O2. The number of nitrogens with two attached hydrogens (primary N) is 1. The summed E-state index contributed by atoms with van der Waals surface area (Å²) >= 11 is 0. The molecule has 0 unspecified atom stereocenters. The van der Waals surface area contributed by atoms with Gasteiger partial charge in [0.05, 0.1) is 36.3 Å². The Morgan fingerprint density at radius 3 is 3.00 bits per heavy atom. The van der Waals surface area contributed by atoms with Crippen LogP contribution < -0.4 is 15.8 Å². The van der Waals surface area contributed by atoms with Gasteiger partial charge in [0.2, 0.25) is 5.91 Å². The Labute approximate surface area is 121 Å². The van der Waals surface area contributed by atoms with Crippen molar-refractivity contribution in [3.05, 3.63) is 35.7 Å². The van der Waals surface area contributed by atoms with Gasteiger partial charge in [-0.25, -0.2) is 4.68 Å². The molecule has 0 saturated carbocycles. The Hall–Kier alpha value is -2.92. The van der Waals surface area contributed by atoms with E-state index in [1.165, 1.54) is 11.8 Å². The van der Waals surface area contributed by atoms with Crippen LogP contribution >= 0.6 is 0 Å². The smallest absolute Gasteiger partial charge is 0.246 e. The molecule has 0 bridgehead atoms. The molecule has 21 heavy (non-hydrogen) atoms. The van der Waals surface area contributed by atoms with Crippen molar-refractivity contribution in [1.82, 2.24) is 15.0 Å². The number of aromatic nitrogens is 3. The number of methoxy groups -OCH3 is 1. The van der Waals surface area contributed by atoms with Gasteiger partial charge in [0.15, 0.2) is 0 Å². The third-order valence-corrected chi connectivity index (χ3v) is 2.71. The predicted molar refractivity (Wildman–Crippen MR) is 74.3 cm³/mol. The first-order chi connectivity index (χ1) is 10.2. The summed E-state index contributed by atoms with van der Waals surface area (Å²) in [6.45, 7) is 0.279. The van der Waals surface area contributed by atoms with Gasteiger partial charge in [-0.15, -0.1) is 5.10 Å². The van der Waals surface area contributed by atoms with E-state index < -0.39 is 0 Å². The normalized spacial score (nSPS) is 9.95. The van der Waals surface area contributed by atoms with Gasteiger partial charge in [-0.2, -0.15) is 5.26 Å². The maximum absolute atomic E-state index is 12.0. The number of rotatable bonds is 5. The third kappa shape index (κ3) is 3.55. The lowest BCUT2D eigenvalue weighted by Crippen LogP contribution is -2.19. The summed E-state index contributed by atoms with van der Waals surface area (Å²) in [6.07, 6.45) is 1.61. The van der Waals surface area contributed by atoms with Gasteiger partial charge in [0.25, 0.3) is 0 Å². The van der Waals surface area contributed by atoms with Crippen molar-refractivity contribution in [1.29, 1.82) is 5.26 Å². The van der Waals surface area contributed by atoms with E-state index in [1.807, 2.05) is 6.07 Å². The zero-order chi connectivity index (χ0) is 15.2. The van der Waals surface area contributed by atoms with Crippen LogP contribution in [0.4, 0.5) is 5.69 Å². The molecule has 0 aliphatic rings. The molecule has 108 valence electrons.